The molecule has 3 aromatic heterocycles. The lowest BCUT2D eigenvalue weighted by atomic mass is 10.2. The van der Waals surface area contributed by atoms with E-state index in [-0.39, 0.29) is 10.9 Å². The molecule has 1 N–H and O–H groups in total. The normalized spacial score (nSPS) is 10.8. The number of fused-ring (bicyclic) bond motifs is 1. The number of hydrogen-bond donors (Lipinski definition) is 1. The van der Waals surface area contributed by atoms with E-state index in [9.17, 15) is 9.59 Å². The highest BCUT2D eigenvalue weighted by Crippen LogP contribution is 2.16. The third-order valence-electron chi connectivity index (χ3n) is 3.32. The van der Waals surface area contributed by atoms with Gasteiger partial charge >= 0.3 is 5.97 Å². The number of aryl methyl sites for hydroxylation is 1. The molecule has 0 aliphatic heterocycles. The van der Waals surface area contributed by atoms with Gasteiger partial charge in [0.25, 0.3) is 0 Å². The van der Waals surface area contributed by atoms with Crippen LogP contribution >= 0.6 is 0 Å². The summed E-state index contributed by atoms with van der Waals surface area (Å²) in [4.78, 5) is 35.9. The van der Waals surface area contributed by atoms with Crippen molar-refractivity contribution in [1.82, 2.24) is 19.5 Å². The maximum absolute atomic E-state index is 12.2. The minimum absolute atomic E-state index is 0.194. The minimum Gasteiger partial charge on any atom is -0.477 e. The van der Waals surface area contributed by atoms with Crippen LogP contribution in [0.25, 0.3) is 22.4 Å². The topological polar surface area (TPSA) is 98.0 Å². The Hall–Kier alpha value is -3.09. The van der Waals surface area contributed by atoms with Crippen molar-refractivity contribution in [2.24, 2.45) is 0 Å². The average Bonchev–Trinajstić information content (AvgIpc) is 2.55. The highest BCUT2D eigenvalue weighted by atomic mass is 16.4. The maximum Gasteiger partial charge on any atom is 0.341 e. The number of rotatable bonds is 3. The molecular weight excluding hydrogens is 284 g/mol. The zero-order chi connectivity index (χ0) is 15.7. The minimum atomic E-state index is -1.26. The molecule has 0 saturated heterocycles. The fourth-order valence-corrected chi connectivity index (χ4v) is 2.21. The lowest BCUT2D eigenvalue weighted by Crippen LogP contribution is -2.19. The quantitative estimate of drug-likeness (QED) is 0.787. The third kappa shape index (κ3) is 2.22. The first-order valence-corrected chi connectivity index (χ1v) is 6.65. The van der Waals surface area contributed by atoms with Gasteiger partial charge in [0.2, 0.25) is 5.43 Å². The lowest BCUT2D eigenvalue weighted by molar-refractivity contribution is 0.0695. The predicted molar refractivity (Wildman–Crippen MR) is 79.7 cm³/mol. The number of pyridine rings is 2. The van der Waals surface area contributed by atoms with Crippen LogP contribution in [0.4, 0.5) is 0 Å². The molecular formula is C15H12N4O3. The number of hydrogen-bond acceptors (Lipinski definition) is 5. The van der Waals surface area contributed by atoms with E-state index < -0.39 is 11.4 Å². The fraction of sp³-hybridized carbons (Fsp3) is 0.133. The van der Waals surface area contributed by atoms with Crippen LogP contribution < -0.4 is 5.43 Å². The first-order valence-electron chi connectivity index (χ1n) is 6.65. The molecule has 0 amide bonds. The van der Waals surface area contributed by atoms with Crippen LogP contribution in [0.2, 0.25) is 0 Å². The second kappa shape index (κ2) is 5.36. The summed E-state index contributed by atoms with van der Waals surface area (Å²) in [6, 6.07) is 3.53. The summed E-state index contributed by atoms with van der Waals surface area (Å²) in [5, 5.41) is 9.31. The molecule has 0 spiro atoms. The van der Waals surface area contributed by atoms with Crippen LogP contribution in [-0.4, -0.2) is 30.6 Å². The lowest BCUT2D eigenvalue weighted by Gasteiger charge is -2.10. The Bertz CT molecular complexity index is 919. The van der Waals surface area contributed by atoms with E-state index in [0.717, 1.165) is 5.56 Å². The van der Waals surface area contributed by atoms with E-state index in [1.54, 1.807) is 29.1 Å². The van der Waals surface area contributed by atoms with Gasteiger partial charge < -0.3 is 9.67 Å². The first-order chi connectivity index (χ1) is 10.6. The van der Waals surface area contributed by atoms with Crippen molar-refractivity contribution in [3.8, 4) is 11.4 Å². The molecule has 110 valence electrons. The molecule has 3 rings (SSSR count). The number of aromatic carboxylic acids is 1. The number of carboxylic acids is 1. The summed E-state index contributed by atoms with van der Waals surface area (Å²) in [5.74, 6) is -0.799. The molecule has 7 heteroatoms. The molecule has 3 aromatic rings. The SMILES string of the molecule is CCn1cc(C(=O)O)c(=O)c2cnc(-c3ccncc3)nc21. The molecule has 0 aliphatic carbocycles. The Labute approximate surface area is 124 Å². The number of nitrogens with zero attached hydrogens (tertiary/aromatic N) is 4. The number of carboxylic acid groups (broad SMARTS) is 1. The standard InChI is InChI=1S/C15H12N4O3/c1-2-19-8-11(15(21)22)12(20)10-7-17-13(18-14(10)19)9-3-5-16-6-4-9/h3-8H,2H2,1H3,(H,21,22). The average molecular weight is 296 g/mol. The summed E-state index contributed by atoms with van der Waals surface area (Å²) >= 11 is 0. The first kappa shape index (κ1) is 13.9. The van der Waals surface area contributed by atoms with Crippen molar-refractivity contribution >= 4 is 17.0 Å². The maximum atomic E-state index is 12.2. The van der Waals surface area contributed by atoms with Crippen molar-refractivity contribution in [1.29, 1.82) is 0 Å². The molecule has 0 bridgehead atoms. The van der Waals surface area contributed by atoms with Gasteiger partial charge in [-0.1, -0.05) is 0 Å². The third-order valence-corrected chi connectivity index (χ3v) is 3.32. The van der Waals surface area contributed by atoms with E-state index in [2.05, 4.69) is 15.0 Å². The molecule has 0 radical (unpaired) electrons. The molecule has 22 heavy (non-hydrogen) atoms. The summed E-state index contributed by atoms with van der Waals surface area (Å²) in [7, 11) is 0. The molecule has 0 aliphatic rings. The van der Waals surface area contributed by atoms with Gasteiger partial charge in [-0.05, 0) is 19.1 Å². The molecule has 0 saturated carbocycles. The molecule has 7 nitrogen and oxygen atoms in total. The van der Waals surface area contributed by atoms with Gasteiger partial charge in [0, 0.05) is 36.9 Å². The summed E-state index contributed by atoms with van der Waals surface area (Å²) in [6.45, 7) is 2.34. The van der Waals surface area contributed by atoms with Crippen molar-refractivity contribution in [2.75, 3.05) is 0 Å². The van der Waals surface area contributed by atoms with Crippen LogP contribution in [0.1, 0.15) is 17.3 Å². The van der Waals surface area contributed by atoms with Crippen LogP contribution in [0, 0.1) is 0 Å². The summed E-state index contributed by atoms with van der Waals surface area (Å²) in [6.07, 6.45) is 5.95. The molecule has 0 fully saturated rings. The zero-order valence-corrected chi connectivity index (χ0v) is 11.7. The van der Waals surface area contributed by atoms with Crippen molar-refractivity contribution in [3.05, 3.63) is 52.7 Å². The van der Waals surface area contributed by atoms with Crippen molar-refractivity contribution in [2.45, 2.75) is 13.5 Å². The van der Waals surface area contributed by atoms with Crippen LogP contribution in [0.5, 0.6) is 0 Å². The monoisotopic (exact) mass is 296 g/mol. The van der Waals surface area contributed by atoms with Gasteiger partial charge in [-0.25, -0.2) is 14.8 Å². The van der Waals surface area contributed by atoms with Gasteiger partial charge in [-0.15, -0.1) is 0 Å². The van der Waals surface area contributed by atoms with E-state index >= 15 is 0 Å². The van der Waals surface area contributed by atoms with Crippen LogP contribution in [0.15, 0.2) is 41.7 Å². The Morgan fingerprint density at radius 3 is 2.68 bits per heavy atom. The highest BCUT2D eigenvalue weighted by molar-refractivity contribution is 5.91. The number of aromatic nitrogens is 4. The molecule has 0 atom stereocenters. The fourth-order valence-electron chi connectivity index (χ4n) is 2.21. The Morgan fingerprint density at radius 2 is 2.05 bits per heavy atom. The Balaban J connectivity index is 2.31. The summed E-state index contributed by atoms with van der Waals surface area (Å²) < 4.78 is 1.63. The second-order valence-corrected chi connectivity index (χ2v) is 4.63. The van der Waals surface area contributed by atoms with Gasteiger partial charge in [-0.2, -0.15) is 0 Å². The second-order valence-electron chi connectivity index (χ2n) is 4.63. The largest absolute Gasteiger partial charge is 0.477 e. The van der Waals surface area contributed by atoms with Crippen molar-refractivity contribution < 1.29 is 9.90 Å². The Kier molecular flexibility index (Phi) is 3.38. The van der Waals surface area contributed by atoms with Crippen LogP contribution in [0.3, 0.4) is 0 Å². The van der Waals surface area contributed by atoms with E-state index in [1.165, 1.54) is 12.4 Å². The van der Waals surface area contributed by atoms with E-state index in [1.807, 2.05) is 6.92 Å². The highest BCUT2D eigenvalue weighted by Gasteiger charge is 2.16. The van der Waals surface area contributed by atoms with Gasteiger partial charge in [0.1, 0.15) is 11.2 Å². The summed E-state index contributed by atoms with van der Waals surface area (Å²) in [5.41, 5.74) is 0.330. The van der Waals surface area contributed by atoms with Gasteiger partial charge in [0.05, 0.1) is 5.39 Å². The van der Waals surface area contributed by atoms with Crippen LogP contribution in [-0.2, 0) is 6.54 Å². The zero-order valence-electron chi connectivity index (χ0n) is 11.7. The van der Waals surface area contributed by atoms with Crippen molar-refractivity contribution in [3.63, 3.8) is 0 Å². The van der Waals surface area contributed by atoms with E-state index in [0.29, 0.717) is 18.0 Å². The smallest absolute Gasteiger partial charge is 0.341 e. The molecule has 3 heterocycles. The number of carbonyl (C=O) groups is 1. The Morgan fingerprint density at radius 1 is 1.32 bits per heavy atom. The predicted octanol–water partition coefficient (Wildman–Crippen LogP) is 1.57. The van der Waals surface area contributed by atoms with Gasteiger partial charge in [0.15, 0.2) is 5.82 Å². The van der Waals surface area contributed by atoms with Gasteiger partial charge in [-0.3, -0.25) is 9.78 Å². The molecule has 0 unspecified atom stereocenters. The van der Waals surface area contributed by atoms with E-state index in [4.69, 9.17) is 5.11 Å². The molecule has 0 aromatic carbocycles.